The van der Waals surface area contributed by atoms with Crippen LogP contribution in [0.3, 0.4) is 0 Å². The van der Waals surface area contributed by atoms with Crippen LogP contribution in [0.5, 0.6) is 11.5 Å². The Kier molecular flexibility index (Phi) is 2.80. The van der Waals surface area contributed by atoms with Gasteiger partial charge in [-0.25, -0.2) is 0 Å². The van der Waals surface area contributed by atoms with Crippen LogP contribution in [0.1, 0.15) is 16.7 Å². The zero-order chi connectivity index (χ0) is 12.6. The van der Waals surface area contributed by atoms with Crippen LogP contribution in [0.2, 0.25) is 0 Å². The van der Waals surface area contributed by atoms with Crippen LogP contribution >= 0.6 is 0 Å². The summed E-state index contributed by atoms with van der Waals surface area (Å²) in [5, 5.41) is 20.1. The number of rotatable bonds is 1. The summed E-state index contributed by atoms with van der Waals surface area (Å²) >= 11 is 0. The maximum atomic E-state index is 10.1. The molecule has 0 spiro atoms. The third kappa shape index (κ3) is 1.98. The molecule has 0 bridgehead atoms. The van der Waals surface area contributed by atoms with Crippen LogP contribution in [0.4, 0.5) is 0 Å². The molecule has 0 saturated carbocycles. The van der Waals surface area contributed by atoms with Crippen molar-refractivity contribution in [3.05, 3.63) is 47.0 Å². The van der Waals surface area contributed by atoms with E-state index in [1.807, 2.05) is 45.0 Å². The molecule has 2 N–H and O–H groups in total. The van der Waals surface area contributed by atoms with Crippen molar-refractivity contribution in [1.82, 2.24) is 0 Å². The van der Waals surface area contributed by atoms with Crippen molar-refractivity contribution in [2.24, 2.45) is 0 Å². The Balaban J connectivity index is 2.67. The monoisotopic (exact) mass is 228 g/mol. The molecule has 0 aromatic heterocycles. The van der Waals surface area contributed by atoms with Crippen molar-refractivity contribution in [2.45, 2.75) is 20.8 Å². The van der Waals surface area contributed by atoms with Crippen molar-refractivity contribution < 1.29 is 10.2 Å². The molecule has 2 aromatic carbocycles. The minimum Gasteiger partial charge on any atom is -0.507 e. The SMILES string of the molecule is Cc1ccc(-c2c(O)cc(C)c(C)c2O)cc1. The van der Waals surface area contributed by atoms with E-state index in [1.54, 1.807) is 6.07 Å². The molecule has 2 aromatic rings. The van der Waals surface area contributed by atoms with E-state index >= 15 is 0 Å². The molecule has 2 nitrogen and oxygen atoms in total. The van der Waals surface area contributed by atoms with Crippen molar-refractivity contribution in [1.29, 1.82) is 0 Å². The van der Waals surface area contributed by atoms with Gasteiger partial charge in [-0.05, 0) is 43.5 Å². The molecule has 0 saturated heterocycles. The highest BCUT2D eigenvalue weighted by atomic mass is 16.3. The van der Waals surface area contributed by atoms with Gasteiger partial charge in [-0.15, -0.1) is 0 Å². The lowest BCUT2D eigenvalue weighted by atomic mass is 9.97. The molecule has 0 aliphatic carbocycles. The number of hydrogen-bond acceptors (Lipinski definition) is 2. The van der Waals surface area contributed by atoms with Crippen molar-refractivity contribution in [3.63, 3.8) is 0 Å². The molecule has 0 radical (unpaired) electrons. The summed E-state index contributed by atoms with van der Waals surface area (Å²) in [5.41, 5.74) is 4.17. The van der Waals surface area contributed by atoms with E-state index in [0.29, 0.717) is 5.56 Å². The summed E-state index contributed by atoms with van der Waals surface area (Å²) in [6.45, 7) is 5.72. The lowest BCUT2D eigenvalue weighted by Gasteiger charge is -2.12. The second kappa shape index (κ2) is 4.13. The zero-order valence-corrected chi connectivity index (χ0v) is 10.3. The molecule has 2 heteroatoms. The predicted molar refractivity (Wildman–Crippen MR) is 69.4 cm³/mol. The third-order valence-electron chi connectivity index (χ3n) is 3.13. The first kappa shape index (κ1) is 11.5. The van der Waals surface area contributed by atoms with Gasteiger partial charge >= 0.3 is 0 Å². The van der Waals surface area contributed by atoms with E-state index in [1.165, 1.54) is 0 Å². The maximum absolute atomic E-state index is 10.1. The number of hydrogen-bond donors (Lipinski definition) is 2. The van der Waals surface area contributed by atoms with Gasteiger partial charge in [0.2, 0.25) is 0 Å². The molecular formula is C15H16O2. The zero-order valence-electron chi connectivity index (χ0n) is 10.3. The van der Waals surface area contributed by atoms with E-state index in [0.717, 1.165) is 22.3 Å². The summed E-state index contributed by atoms with van der Waals surface area (Å²) in [6.07, 6.45) is 0. The average Bonchev–Trinajstić information content (AvgIpc) is 2.29. The molecule has 0 amide bonds. The van der Waals surface area contributed by atoms with Crippen LogP contribution in [0, 0.1) is 20.8 Å². The molecule has 0 heterocycles. The van der Waals surface area contributed by atoms with E-state index in [9.17, 15) is 10.2 Å². The second-order valence-corrected chi connectivity index (χ2v) is 4.43. The van der Waals surface area contributed by atoms with Gasteiger partial charge in [0.05, 0.1) is 5.56 Å². The van der Waals surface area contributed by atoms with E-state index < -0.39 is 0 Å². The molecular weight excluding hydrogens is 212 g/mol. The smallest absolute Gasteiger partial charge is 0.130 e. The lowest BCUT2D eigenvalue weighted by molar-refractivity contribution is 0.450. The molecule has 0 aliphatic rings. The fourth-order valence-corrected chi connectivity index (χ4v) is 1.89. The Morgan fingerprint density at radius 3 is 2.06 bits per heavy atom. The summed E-state index contributed by atoms with van der Waals surface area (Å²) < 4.78 is 0. The first-order valence-electron chi connectivity index (χ1n) is 5.60. The largest absolute Gasteiger partial charge is 0.507 e. The number of phenols is 2. The van der Waals surface area contributed by atoms with Crippen molar-refractivity contribution in [2.75, 3.05) is 0 Å². The van der Waals surface area contributed by atoms with Gasteiger partial charge in [0, 0.05) is 0 Å². The van der Waals surface area contributed by atoms with Gasteiger partial charge in [0.1, 0.15) is 11.5 Å². The summed E-state index contributed by atoms with van der Waals surface area (Å²) in [6, 6.07) is 9.41. The van der Waals surface area contributed by atoms with Crippen molar-refractivity contribution >= 4 is 0 Å². The Labute approximate surface area is 101 Å². The van der Waals surface area contributed by atoms with Crippen LogP contribution in [0.25, 0.3) is 11.1 Å². The van der Waals surface area contributed by atoms with Crippen LogP contribution in [-0.4, -0.2) is 10.2 Å². The average molecular weight is 228 g/mol. The van der Waals surface area contributed by atoms with E-state index in [2.05, 4.69) is 0 Å². The van der Waals surface area contributed by atoms with Gasteiger partial charge in [-0.3, -0.25) is 0 Å². The molecule has 0 fully saturated rings. The predicted octanol–water partition coefficient (Wildman–Crippen LogP) is 3.69. The summed E-state index contributed by atoms with van der Waals surface area (Å²) in [5.74, 6) is 0.279. The normalized spacial score (nSPS) is 10.5. The Morgan fingerprint density at radius 2 is 1.47 bits per heavy atom. The minimum atomic E-state index is 0.120. The maximum Gasteiger partial charge on any atom is 0.130 e. The van der Waals surface area contributed by atoms with Crippen LogP contribution in [0.15, 0.2) is 30.3 Å². The summed E-state index contributed by atoms with van der Waals surface area (Å²) in [4.78, 5) is 0. The highest BCUT2D eigenvalue weighted by molar-refractivity contribution is 5.78. The Hall–Kier alpha value is -1.96. The number of phenolic OH excluding ortho intramolecular Hbond substituents is 2. The van der Waals surface area contributed by atoms with Crippen LogP contribution < -0.4 is 0 Å². The van der Waals surface area contributed by atoms with E-state index in [-0.39, 0.29) is 11.5 Å². The highest BCUT2D eigenvalue weighted by Gasteiger charge is 2.14. The van der Waals surface area contributed by atoms with Gasteiger partial charge in [0.15, 0.2) is 0 Å². The molecule has 0 unspecified atom stereocenters. The number of aryl methyl sites for hydroxylation is 2. The molecule has 0 atom stereocenters. The van der Waals surface area contributed by atoms with Gasteiger partial charge < -0.3 is 10.2 Å². The fourth-order valence-electron chi connectivity index (χ4n) is 1.89. The number of benzene rings is 2. The third-order valence-corrected chi connectivity index (χ3v) is 3.13. The quantitative estimate of drug-likeness (QED) is 0.781. The summed E-state index contributed by atoms with van der Waals surface area (Å²) in [7, 11) is 0. The first-order chi connectivity index (χ1) is 8.00. The Bertz CT molecular complexity index is 554. The first-order valence-corrected chi connectivity index (χ1v) is 5.60. The van der Waals surface area contributed by atoms with Crippen LogP contribution in [-0.2, 0) is 0 Å². The topological polar surface area (TPSA) is 40.5 Å². The molecule has 2 rings (SSSR count). The molecule has 0 aliphatic heterocycles. The van der Waals surface area contributed by atoms with E-state index in [4.69, 9.17) is 0 Å². The number of aromatic hydroxyl groups is 2. The van der Waals surface area contributed by atoms with Gasteiger partial charge in [0.25, 0.3) is 0 Å². The molecule has 88 valence electrons. The lowest BCUT2D eigenvalue weighted by Crippen LogP contribution is -1.88. The second-order valence-electron chi connectivity index (χ2n) is 4.43. The van der Waals surface area contributed by atoms with Gasteiger partial charge in [-0.1, -0.05) is 29.8 Å². The van der Waals surface area contributed by atoms with Gasteiger partial charge in [-0.2, -0.15) is 0 Å². The minimum absolute atomic E-state index is 0.120. The van der Waals surface area contributed by atoms with Crippen molar-refractivity contribution in [3.8, 4) is 22.6 Å². The molecule has 17 heavy (non-hydrogen) atoms. The standard InChI is InChI=1S/C15H16O2/c1-9-4-6-12(7-5-9)14-13(16)8-10(2)11(3)15(14)17/h4-8,16-17H,1-3H3. The highest BCUT2D eigenvalue weighted by Crippen LogP contribution is 2.40. The fraction of sp³-hybridized carbons (Fsp3) is 0.200. The Morgan fingerprint density at radius 1 is 0.882 bits per heavy atom.